The molecule has 0 unspecified atom stereocenters. The lowest BCUT2D eigenvalue weighted by Gasteiger charge is -2.22. The Bertz CT molecular complexity index is 650. The Kier molecular flexibility index (Phi) is 4.68. The van der Waals surface area contributed by atoms with Gasteiger partial charge >= 0.3 is 0 Å². The average Bonchev–Trinajstić information content (AvgIpc) is 2.94. The third-order valence-electron chi connectivity index (χ3n) is 3.81. The molecule has 6 heteroatoms. The number of pyridine rings is 1. The first-order valence-corrected chi connectivity index (χ1v) is 8.44. The second kappa shape index (κ2) is 6.87. The molecular weight excluding hydrogens is 298 g/mol. The first-order chi connectivity index (χ1) is 10.7. The van der Waals surface area contributed by atoms with Crippen molar-refractivity contribution in [3.05, 3.63) is 35.1 Å². The van der Waals surface area contributed by atoms with Gasteiger partial charge < -0.3 is 10.1 Å². The molecule has 1 N–H and O–H groups in total. The van der Waals surface area contributed by atoms with Crippen LogP contribution in [0.2, 0.25) is 0 Å². The number of rotatable bonds is 4. The third-order valence-corrected chi connectivity index (χ3v) is 4.65. The summed E-state index contributed by atoms with van der Waals surface area (Å²) in [7, 11) is 0. The highest BCUT2D eigenvalue weighted by molar-refractivity contribution is 7.14. The largest absolute Gasteiger partial charge is 0.474 e. The molecule has 0 bridgehead atoms. The van der Waals surface area contributed by atoms with Gasteiger partial charge in [-0.2, -0.15) is 0 Å². The van der Waals surface area contributed by atoms with Gasteiger partial charge in [-0.05, 0) is 38.7 Å². The van der Waals surface area contributed by atoms with E-state index in [-0.39, 0.29) is 12.0 Å². The van der Waals surface area contributed by atoms with Crippen LogP contribution >= 0.6 is 11.3 Å². The van der Waals surface area contributed by atoms with Gasteiger partial charge in [-0.25, -0.2) is 9.97 Å². The summed E-state index contributed by atoms with van der Waals surface area (Å²) in [5.74, 6) is 0.365. The lowest BCUT2D eigenvalue weighted by atomic mass is 9.98. The molecule has 1 aliphatic carbocycles. The van der Waals surface area contributed by atoms with Crippen molar-refractivity contribution in [1.29, 1.82) is 0 Å². The summed E-state index contributed by atoms with van der Waals surface area (Å²) in [6.45, 7) is 1.87. The Balaban J connectivity index is 1.67. The number of nitrogens with zero attached hydrogens (tertiary/aromatic N) is 2. The molecule has 0 aromatic carbocycles. The maximum absolute atomic E-state index is 12.3. The standard InChI is InChI=1S/C16H19N3O2S/c1-11-16(22-10-18-11)19-15(20)12-7-8-17-14(9-12)21-13-5-3-2-4-6-13/h7-10,13H,2-6H2,1H3,(H,19,20). The lowest BCUT2D eigenvalue weighted by Crippen LogP contribution is -2.20. The molecule has 116 valence electrons. The molecule has 5 nitrogen and oxygen atoms in total. The van der Waals surface area contributed by atoms with Gasteiger partial charge in [-0.1, -0.05) is 6.42 Å². The van der Waals surface area contributed by atoms with Crippen LogP contribution in [0.4, 0.5) is 5.00 Å². The number of carbonyl (C=O) groups is 1. The molecule has 0 saturated heterocycles. The summed E-state index contributed by atoms with van der Waals surface area (Å²) in [6.07, 6.45) is 7.67. The number of aryl methyl sites for hydroxylation is 1. The predicted molar refractivity (Wildman–Crippen MR) is 86.5 cm³/mol. The van der Waals surface area contributed by atoms with Gasteiger partial charge in [0.2, 0.25) is 5.88 Å². The van der Waals surface area contributed by atoms with Crippen LogP contribution in [0.15, 0.2) is 23.8 Å². The number of thiazole rings is 1. The summed E-state index contributed by atoms with van der Waals surface area (Å²) in [4.78, 5) is 20.6. The quantitative estimate of drug-likeness (QED) is 0.931. The van der Waals surface area contributed by atoms with Crippen molar-refractivity contribution in [1.82, 2.24) is 9.97 Å². The van der Waals surface area contributed by atoms with Crippen LogP contribution < -0.4 is 10.1 Å². The van der Waals surface area contributed by atoms with Crippen molar-refractivity contribution in [2.24, 2.45) is 0 Å². The van der Waals surface area contributed by atoms with E-state index in [1.807, 2.05) is 6.92 Å². The Hall–Kier alpha value is -1.95. The number of aromatic nitrogens is 2. The number of hydrogen-bond donors (Lipinski definition) is 1. The van der Waals surface area contributed by atoms with Gasteiger partial charge in [0.15, 0.2) is 0 Å². The maximum atomic E-state index is 12.3. The molecule has 1 aliphatic rings. The van der Waals surface area contributed by atoms with Crippen LogP contribution in [0, 0.1) is 6.92 Å². The van der Waals surface area contributed by atoms with Crippen molar-refractivity contribution in [2.45, 2.75) is 45.1 Å². The molecule has 0 spiro atoms. The zero-order chi connectivity index (χ0) is 15.4. The summed E-state index contributed by atoms with van der Waals surface area (Å²) >= 11 is 1.42. The molecule has 3 rings (SSSR count). The van der Waals surface area contributed by atoms with Crippen molar-refractivity contribution in [3.8, 4) is 5.88 Å². The Morgan fingerprint density at radius 3 is 2.86 bits per heavy atom. The van der Waals surface area contributed by atoms with Crippen LogP contribution in [-0.4, -0.2) is 22.0 Å². The first kappa shape index (κ1) is 15.0. The molecule has 0 radical (unpaired) electrons. The fourth-order valence-corrected chi connectivity index (χ4v) is 3.26. The van der Waals surface area contributed by atoms with Crippen LogP contribution in [0.25, 0.3) is 0 Å². The summed E-state index contributed by atoms with van der Waals surface area (Å²) in [5, 5.41) is 3.65. The van der Waals surface area contributed by atoms with Gasteiger partial charge in [0, 0.05) is 17.8 Å². The number of carbonyl (C=O) groups excluding carboxylic acids is 1. The molecule has 2 aromatic rings. The van der Waals surface area contributed by atoms with E-state index < -0.39 is 0 Å². The molecule has 1 amide bonds. The molecule has 0 atom stereocenters. The highest BCUT2D eigenvalue weighted by Gasteiger charge is 2.16. The topological polar surface area (TPSA) is 64.1 Å². The van der Waals surface area contributed by atoms with Gasteiger partial charge in [-0.3, -0.25) is 4.79 Å². The number of ether oxygens (including phenoxy) is 1. The van der Waals surface area contributed by atoms with E-state index in [4.69, 9.17) is 4.74 Å². The van der Waals surface area contributed by atoms with E-state index in [1.54, 1.807) is 23.8 Å². The average molecular weight is 317 g/mol. The molecule has 1 saturated carbocycles. The van der Waals surface area contributed by atoms with Crippen LogP contribution in [0.1, 0.15) is 48.2 Å². The maximum Gasteiger partial charge on any atom is 0.256 e. The SMILES string of the molecule is Cc1ncsc1NC(=O)c1ccnc(OC2CCCCC2)c1. The number of anilines is 1. The fourth-order valence-electron chi connectivity index (χ4n) is 2.57. The number of amides is 1. The highest BCUT2D eigenvalue weighted by atomic mass is 32.1. The number of hydrogen-bond acceptors (Lipinski definition) is 5. The third kappa shape index (κ3) is 3.62. The van der Waals surface area contributed by atoms with Gasteiger partial charge in [-0.15, -0.1) is 11.3 Å². The first-order valence-electron chi connectivity index (χ1n) is 7.56. The lowest BCUT2D eigenvalue weighted by molar-refractivity contribution is 0.102. The molecule has 2 heterocycles. The van der Waals surface area contributed by atoms with Gasteiger partial charge in [0.1, 0.15) is 11.1 Å². The predicted octanol–water partition coefficient (Wildman–Crippen LogP) is 3.81. The minimum Gasteiger partial charge on any atom is -0.474 e. The monoisotopic (exact) mass is 317 g/mol. The zero-order valence-corrected chi connectivity index (χ0v) is 13.4. The van der Waals surface area contributed by atoms with Crippen molar-refractivity contribution < 1.29 is 9.53 Å². The smallest absolute Gasteiger partial charge is 0.256 e. The minimum absolute atomic E-state index is 0.164. The van der Waals surface area contributed by atoms with E-state index in [0.717, 1.165) is 23.5 Å². The summed E-state index contributed by atoms with van der Waals surface area (Å²) < 4.78 is 5.90. The zero-order valence-electron chi connectivity index (χ0n) is 12.5. The van der Waals surface area contributed by atoms with E-state index in [2.05, 4.69) is 15.3 Å². The summed E-state index contributed by atoms with van der Waals surface area (Å²) in [6, 6.07) is 3.40. The Morgan fingerprint density at radius 1 is 1.32 bits per heavy atom. The van der Waals surface area contributed by atoms with E-state index in [9.17, 15) is 4.79 Å². The molecular formula is C16H19N3O2S. The molecule has 1 fully saturated rings. The van der Waals surface area contributed by atoms with Crippen LogP contribution in [0.3, 0.4) is 0 Å². The normalized spacial score (nSPS) is 15.5. The van der Waals surface area contributed by atoms with Crippen molar-refractivity contribution >= 4 is 22.2 Å². The van der Waals surface area contributed by atoms with Crippen LogP contribution in [0.5, 0.6) is 5.88 Å². The summed E-state index contributed by atoms with van der Waals surface area (Å²) in [5.41, 5.74) is 3.09. The highest BCUT2D eigenvalue weighted by Crippen LogP contribution is 2.23. The fraction of sp³-hybridized carbons (Fsp3) is 0.438. The van der Waals surface area contributed by atoms with Crippen molar-refractivity contribution in [2.75, 3.05) is 5.32 Å². The minimum atomic E-state index is -0.164. The van der Waals surface area contributed by atoms with Crippen molar-refractivity contribution in [3.63, 3.8) is 0 Å². The van der Waals surface area contributed by atoms with E-state index >= 15 is 0 Å². The van der Waals surface area contributed by atoms with E-state index in [0.29, 0.717) is 11.4 Å². The molecule has 22 heavy (non-hydrogen) atoms. The van der Waals surface area contributed by atoms with Gasteiger partial charge in [0.25, 0.3) is 5.91 Å². The molecule has 0 aliphatic heterocycles. The molecule has 2 aromatic heterocycles. The Morgan fingerprint density at radius 2 is 2.14 bits per heavy atom. The second-order valence-corrected chi connectivity index (χ2v) is 6.34. The van der Waals surface area contributed by atoms with E-state index in [1.165, 1.54) is 30.6 Å². The van der Waals surface area contributed by atoms with Crippen LogP contribution in [-0.2, 0) is 0 Å². The number of nitrogens with one attached hydrogen (secondary N) is 1. The Labute approximate surface area is 133 Å². The second-order valence-electron chi connectivity index (χ2n) is 5.48. The van der Waals surface area contributed by atoms with Gasteiger partial charge in [0.05, 0.1) is 11.2 Å².